The number of fused-ring (bicyclic) bond motifs is 1. The Labute approximate surface area is 183 Å². The van der Waals surface area contributed by atoms with Gasteiger partial charge in [-0.15, -0.1) is 12.4 Å². The Morgan fingerprint density at radius 3 is 2.63 bits per heavy atom. The summed E-state index contributed by atoms with van der Waals surface area (Å²) in [7, 11) is 3.96. The van der Waals surface area contributed by atoms with Crippen molar-refractivity contribution in [2.24, 2.45) is 11.8 Å². The van der Waals surface area contributed by atoms with Gasteiger partial charge in [-0.3, -0.25) is 14.8 Å². The van der Waals surface area contributed by atoms with E-state index in [4.69, 9.17) is 9.26 Å². The molecule has 1 aromatic carbocycles. The fourth-order valence-corrected chi connectivity index (χ4v) is 5.02. The molecular formula is C23H27ClN4O2. The average Bonchev–Trinajstić information content (AvgIpc) is 3.44. The number of nitrogens with zero attached hydrogens (tertiary/aromatic N) is 4. The highest BCUT2D eigenvalue weighted by molar-refractivity contribution is 5.85. The van der Waals surface area contributed by atoms with Gasteiger partial charge in [0.1, 0.15) is 11.4 Å². The zero-order valence-corrected chi connectivity index (χ0v) is 18.1. The lowest BCUT2D eigenvalue weighted by Crippen LogP contribution is -2.28. The fourth-order valence-electron chi connectivity index (χ4n) is 5.02. The zero-order chi connectivity index (χ0) is 19.8. The molecule has 0 N–H and O–H groups in total. The van der Waals surface area contributed by atoms with E-state index in [0.717, 1.165) is 49.1 Å². The number of hydrogen-bond acceptors (Lipinski definition) is 6. The lowest BCUT2D eigenvalue weighted by molar-refractivity contribution is 0.210. The topological polar surface area (TPSA) is 54.6 Å². The van der Waals surface area contributed by atoms with E-state index in [0.29, 0.717) is 17.9 Å². The number of aromatic nitrogens is 2. The quantitative estimate of drug-likeness (QED) is 0.616. The molecule has 158 valence electrons. The van der Waals surface area contributed by atoms with Crippen LogP contribution < -0.4 is 4.74 Å². The van der Waals surface area contributed by atoms with Gasteiger partial charge in [0, 0.05) is 37.9 Å². The molecule has 0 spiro atoms. The van der Waals surface area contributed by atoms with Crippen LogP contribution in [0.1, 0.15) is 17.4 Å². The van der Waals surface area contributed by atoms with Gasteiger partial charge in [0.05, 0.1) is 19.3 Å². The second-order valence-electron chi connectivity index (χ2n) is 8.17. The van der Waals surface area contributed by atoms with Gasteiger partial charge in [-0.2, -0.15) is 0 Å². The van der Waals surface area contributed by atoms with Crippen LogP contribution in [0.25, 0.3) is 11.4 Å². The van der Waals surface area contributed by atoms with E-state index in [2.05, 4.69) is 51.3 Å². The first-order valence-corrected chi connectivity index (χ1v) is 10.1. The maximum atomic E-state index is 5.61. The third kappa shape index (κ3) is 3.95. The molecule has 6 nitrogen and oxygen atoms in total. The van der Waals surface area contributed by atoms with Crippen LogP contribution in [0.5, 0.6) is 5.75 Å². The van der Waals surface area contributed by atoms with E-state index in [1.807, 2.05) is 24.3 Å². The van der Waals surface area contributed by atoms with Gasteiger partial charge in [0.15, 0.2) is 5.76 Å². The summed E-state index contributed by atoms with van der Waals surface area (Å²) in [5.74, 6) is 3.13. The standard InChI is InChI=1S/C23H26N4O2.ClH/c1-26-12-17-13-27(14-19-11-22(25-29-19)21-5-3-4-10-24-21)15-20(17)23(26)16-6-8-18(28-2)9-7-16;/h3-11,17,20,23H,12-15H2,1-2H3;1H/t17-,20+,23+;/m0./s1. The van der Waals surface area contributed by atoms with Gasteiger partial charge < -0.3 is 9.26 Å². The van der Waals surface area contributed by atoms with Crippen molar-refractivity contribution in [2.75, 3.05) is 33.8 Å². The van der Waals surface area contributed by atoms with Gasteiger partial charge in [0.2, 0.25) is 0 Å². The minimum atomic E-state index is 0. The molecule has 0 bridgehead atoms. The van der Waals surface area contributed by atoms with Crippen molar-refractivity contribution in [2.45, 2.75) is 12.6 Å². The maximum Gasteiger partial charge on any atom is 0.151 e. The summed E-state index contributed by atoms with van der Waals surface area (Å²) in [4.78, 5) is 9.36. The van der Waals surface area contributed by atoms with E-state index in [1.165, 1.54) is 5.56 Å². The van der Waals surface area contributed by atoms with Crippen molar-refractivity contribution in [1.82, 2.24) is 19.9 Å². The molecule has 2 aromatic heterocycles. The van der Waals surface area contributed by atoms with Crippen LogP contribution in [0.4, 0.5) is 0 Å². The number of likely N-dealkylation sites (tertiary alicyclic amines) is 2. The second kappa shape index (κ2) is 8.76. The molecule has 5 rings (SSSR count). The Morgan fingerprint density at radius 1 is 1.07 bits per heavy atom. The number of pyridine rings is 1. The summed E-state index contributed by atoms with van der Waals surface area (Å²) in [5, 5.41) is 4.21. The molecule has 0 unspecified atom stereocenters. The van der Waals surface area contributed by atoms with Crippen LogP contribution in [0, 0.1) is 11.8 Å². The smallest absolute Gasteiger partial charge is 0.151 e. The van der Waals surface area contributed by atoms with Crippen molar-refractivity contribution in [1.29, 1.82) is 0 Å². The lowest BCUT2D eigenvalue weighted by atomic mass is 9.89. The number of halogens is 1. The number of ether oxygens (including phenoxy) is 1. The predicted molar refractivity (Wildman–Crippen MR) is 118 cm³/mol. The van der Waals surface area contributed by atoms with Crippen LogP contribution in [0.3, 0.4) is 0 Å². The molecule has 0 amide bonds. The normalized spacial score (nSPS) is 23.9. The molecule has 4 heterocycles. The fraction of sp³-hybridized carbons (Fsp3) is 0.391. The van der Waals surface area contributed by atoms with Crippen LogP contribution >= 0.6 is 12.4 Å². The molecule has 0 radical (unpaired) electrons. The summed E-state index contributed by atoms with van der Waals surface area (Å²) in [6.07, 6.45) is 1.78. The second-order valence-corrected chi connectivity index (χ2v) is 8.17. The number of hydrogen-bond donors (Lipinski definition) is 0. The number of methoxy groups -OCH3 is 1. The molecule has 7 heteroatoms. The maximum absolute atomic E-state index is 5.61. The number of benzene rings is 1. The molecule has 0 aliphatic carbocycles. The SMILES string of the molecule is COc1ccc([C@@H]2[C@@H]3CN(Cc4cc(-c5ccccn5)no4)C[C@@H]3CN2C)cc1.Cl. The minimum Gasteiger partial charge on any atom is -0.497 e. The van der Waals surface area contributed by atoms with Gasteiger partial charge in [-0.1, -0.05) is 23.4 Å². The van der Waals surface area contributed by atoms with Crippen molar-refractivity contribution in [3.05, 3.63) is 66.1 Å². The van der Waals surface area contributed by atoms with Gasteiger partial charge >= 0.3 is 0 Å². The van der Waals surface area contributed by atoms with Gasteiger partial charge in [-0.05, 0) is 48.7 Å². The van der Waals surface area contributed by atoms with Crippen LogP contribution in [-0.4, -0.2) is 53.7 Å². The minimum absolute atomic E-state index is 0. The number of rotatable bonds is 5. The molecule has 3 atom stereocenters. The summed E-state index contributed by atoms with van der Waals surface area (Å²) in [6.45, 7) is 4.10. The highest BCUT2D eigenvalue weighted by Crippen LogP contribution is 2.44. The van der Waals surface area contributed by atoms with E-state index >= 15 is 0 Å². The van der Waals surface area contributed by atoms with Crippen molar-refractivity contribution in [3.63, 3.8) is 0 Å². The van der Waals surface area contributed by atoms with Crippen molar-refractivity contribution < 1.29 is 9.26 Å². The monoisotopic (exact) mass is 426 g/mol. The Bertz CT molecular complexity index is 963. The predicted octanol–water partition coefficient (Wildman–Crippen LogP) is 3.90. The van der Waals surface area contributed by atoms with Gasteiger partial charge in [0.25, 0.3) is 0 Å². The third-order valence-corrected chi connectivity index (χ3v) is 6.29. The van der Waals surface area contributed by atoms with E-state index in [9.17, 15) is 0 Å². The molecule has 2 aliphatic heterocycles. The summed E-state index contributed by atoms with van der Waals surface area (Å²) < 4.78 is 10.9. The van der Waals surface area contributed by atoms with E-state index in [1.54, 1.807) is 13.3 Å². The summed E-state index contributed by atoms with van der Waals surface area (Å²) in [5.41, 5.74) is 3.03. The first-order valence-electron chi connectivity index (χ1n) is 10.1. The van der Waals surface area contributed by atoms with Crippen molar-refractivity contribution >= 4 is 12.4 Å². The van der Waals surface area contributed by atoms with Gasteiger partial charge in [-0.25, -0.2) is 0 Å². The summed E-state index contributed by atoms with van der Waals surface area (Å²) in [6, 6.07) is 16.8. The molecule has 30 heavy (non-hydrogen) atoms. The lowest BCUT2D eigenvalue weighted by Gasteiger charge is -2.26. The Hall–Kier alpha value is -2.41. The Balaban J connectivity index is 0.00000218. The van der Waals surface area contributed by atoms with Crippen LogP contribution in [0.2, 0.25) is 0 Å². The highest BCUT2D eigenvalue weighted by atomic mass is 35.5. The van der Waals surface area contributed by atoms with Crippen LogP contribution in [-0.2, 0) is 6.54 Å². The van der Waals surface area contributed by atoms with E-state index < -0.39 is 0 Å². The first-order chi connectivity index (χ1) is 14.2. The molecule has 2 aliphatic rings. The molecule has 2 saturated heterocycles. The molecule has 2 fully saturated rings. The zero-order valence-electron chi connectivity index (χ0n) is 17.3. The Kier molecular flexibility index (Phi) is 6.09. The highest BCUT2D eigenvalue weighted by Gasteiger charge is 2.46. The largest absolute Gasteiger partial charge is 0.497 e. The van der Waals surface area contributed by atoms with Crippen LogP contribution in [0.15, 0.2) is 59.3 Å². The Morgan fingerprint density at radius 2 is 1.90 bits per heavy atom. The summed E-state index contributed by atoms with van der Waals surface area (Å²) >= 11 is 0. The molecular weight excluding hydrogens is 400 g/mol. The van der Waals surface area contributed by atoms with E-state index in [-0.39, 0.29) is 12.4 Å². The molecule has 0 saturated carbocycles. The van der Waals surface area contributed by atoms with Crippen molar-refractivity contribution in [3.8, 4) is 17.1 Å². The molecule has 3 aromatic rings. The third-order valence-electron chi connectivity index (χ3n) is 6.29. The first kappa shape index (κ1) is 20.8. The average molecular weight is 427 g/mol.